The van der Waals surface area contributed by atoms with Gasteiger partial charge in [-0.05, 0) is 25.2 Å². The van der Waals surface area contributed by atoms with E-state index in [-0.39, 0.29) is 5.78 Å². The molecule has 0 aromatic heterocycles. The Morgan fingerprint density at radius 1 is 1.53 bits per heavy atom. The molecule has 15 heavy (non-hydrogen) atoms. The highest BCUT2D eigenvalue weighted by atomic mass is 79.9. The molecule has 0 bridgehead atoms. The van der Waals surface area contributed by atoms with Crippen molar-refractivity contribution in [3.63, 3.8) is 0 Å². The molecule has 1 aliphatic carbocycles. The molecule has 0 fully saturated rings. The zero-order valence-electron chi connectivity index (χ0n) is 8.70. The van der Waals surface area contributed by atoms with Crippen molar-refractivity contribution in [3.8, 4) is 0 Å². The van der Waals surface area contributed by atoms with Crippen molar-refractivity contribution in [2.24, 2.45) is 0 Å². The smallest absolute Gasteiger partial charge is 0.254 e. The summed E-state index contributed by atoms with van der Waals surface area (Å²) in [5, 5.41) is 0. The van der Waals surface area contributed by atoms with Crippen molar-refractivity contribution in [1.82, 2.24) is 0 Å². The van der Waals surface area contributed by atoms with Crippen LogP contribution >= 0.6 is 15.9 Å². The minimum atomic E-state index is -1.28. The molecule has 82 valence electrons. The number of ether oxygens (including phenoxy) is 2. The van der Waals surface area contributed by atoms with Gasteiger partial charge < -0.3 is 9.47 Å². The normalized spacial score (nSPS) is 26.1. The topological polar surface area (TPSA) is 35.5 Å². The number of hydrogen-bond acceptors (Lipinski definition) is 3. The van der Waals surface area contributed by atoms with Gasteiger partial charge in [0, 0.05) is 11.6 Å². The quantitative estimate of drug-likeness (QED) is 0.582. The summed E-state index contributed by atoms with van der Waals surface area (Å²) in [4.78, 5) is 11.7. The summed E-state index contributed by atoms with van der Waals surface area (Å²) in [6.45, 7) is 2.22. The standard InChI is InChI=1S/C11H13BrO3/c1-3-4-7-15-11(14-2)8-9(12)5-6-10(11)13/h3-6,8H,7H2,1-2H3/b4-3+. The first kappa shape index (κ1) is 12.4. The number of carbonyl (C=O) groups excluding carboxylic acids is 1. The molecule has 0 aliphatic heterocycles. The molecule has 0 aromatic carbocycles. The van der Waals surface area contributed by atoms with Crippen LogP contribution in [0.15, 0.2) is 34.9 Å². The maximum atomic E-state index is 11.7. The van der Waals surface area contributed by atoms with E-state index in [9.17, 15) is 4.79 Å². The minimum absolute atomic E-state index is 0.210. The van der Waals surface area contributed by atoms with Gasteiger partial charge in [0.1, 0.15) is 0 Å². The predicted octanol–water partition coefficient (Wildman–Crippen LogP) is 2.34. The minimum Gasteiger partial charge on any atom is -0.343 e. The zero-order valence-corrected chi connectivity index (χ0v) is 10.3. The molecule has 3 nitrogen and oxygen atoms in total. The van der Waals surface area contributed by atoms with E-state index >= 15 is 0 Å². The molecule has 1 rings (SSSR count). The maximum Gasteiger partial charge on any atom is 0.254 e. The van der Waals surface area contributed by atoms with Gasteiger partial charge in [-0.25, -0.2) is 0 Å². The first-order valence-electron chi connectivity index (χ1n) is 4.56. The molecular weight excluding hydrogens is 260 g/mol. The monoisotopic (exact) mass is 272 g/mol. The Morgan fingerprint density at radius 3 is 2.87 bits per heavy atom. The number of halogens is 1. The van der Waals surface area contributed by atoms with Gasteiger partial charge in [0.05, 0.1) is 6.61 Å². The second-order valence-electron chi connectivity index (χ2n) is 2.98. The van der Waals surface area contributed by atoms with Crippen molar-refractivity contribution < 1.29 is 14.3 Å². The van der Waals surface area contributed by atoms with Gasteiger partial charge in [0.25, 0.3) is 5.79 Å². The molecule has 0 heterocycles. The molecule has 0 radical (unpaired) electrons. The summed E-state index contributed by atoms with van der Waals surface area (Å²) in [7, 11) is 1.45. The third kappa shape index (κ3) is 2.87. The average molecular weight is 273 g/mol. The Hall–Kier alpha value is -0.710. The van der Waals surface area contributed by atoms with E-state index in [1.807, 2.05) is 19.1 Å². The van der Waals surface area contributed by atoms with Crippen LogP contribution in [0.3, 0.4) is 0 Å². The third-order valence-corrected chi connectivity index (χ3v) is 2.49. The van der Waals surface area contributed by atoms with Gasteiger partial charge in [-0.2, -0.15) is 0 Å². The molecule has 0 aromatic rings. The number of allylic oxidation sites excluding steroid dienone is 3. The van der Waals surface area contributed by atoms with Crippen molar-refractivity contribution in [2.75, 3.05) is 13.7 Å². The van der Waals surface area contributed by atoms with Crippen LogP contribution < -0.4 is 0 Å². The molecule has 1 atom stereocenters. The van der Waals surface area contributed by atoms with Crippen molar-refractivity contribution in [1.29, 1.82) is 0 Å². The van der Waals surface area contributed by atoms with Gasteiger partial charge in [0.15, 0.2) is 0 Å². The van der Waals surface area contributed by atoms with E-state index in [1.165, 1.54) is 13.2 Å². The first-order chi connectivity index (χ1) is 7.14. The van der Waals surface area contributed by atoms with Gasteiger partial charge in [0.2, 0.25) is 5.78 Å². The van der Waals surface area contributed by atoms with Crippen LogP contribution in [0.4, 0.5) is 0 Å². The number of hydrogen-bond donors (Lipinski definition) is 0. The lowest BCUT2D eigenvalue weighted by Gasteiger charge is -2.28. The largest absolute Gasteiger partial charge is 0.343 e. The molecule has 0 N–H and O–H groups in total. The highest BCUT2D eigenvalue weighted by Gasteiger charge is 2.37. The van der Waals surface area contributed by atoms with Gasteiger partial charge in [-0.15, -0.1) is 0 Å². The number of methoxy groups -OCH3 is 1. The van der Waals surface area contributed by atoms with Gasteiger partial charge in [-0.3, -0.25) is 4.79 Å². The van der Waals surface area contributed by atoms with E-state index in [0.29, 0.717) is 6.61 Å². The number of ketones is 1. The summed E-state index contributed by atoms with van der Waals surface area (Å²) in [6, 6.07) is 0. The third-order valence-electron chi connectivity index (χ3n) is 2.00. The Kier molecular flexibility index (Phi) is 4.45. The van der Waals surface area contributed by atoms with Crippen LogP contribution in [0.5, 0.6) is 0 Å². The fraction of sp³-hybridized carbons (Fsp3) is 0.364. The lowest BCUT2D eigenvalue weighted by molar-refractivity contribution is -0.187. The summed E-state index contributed by atoms with van der Waals surface area (Å²) in [6.07, 6.45) is 8.38. The second-order valence-corrected chi connectivity index (χ2v) is 3.89. The molecule has 0 amide bonds. The maximum absolute atomic E-state index is 11.7. The molecule has 0 saturated heterocycles. The van der Waals surface area contributed by atoms with Crippen LogP contribution in [-0.4, -0.2) is 25.3 Å². The van der Waals surface area contributed by atoms with Crippen LogP contribution in [0.25, 0.3) is 0 Å². The summed E-state index contributed by atoms with van der Waals surface area (Å²) in [5.41, 5.74) is 0. The fourth-order valence-electron chi connectivity index (χ4n) is 1.17. The van der Waals surface area contributed by atoms with Crippen LogP contribution in [0.2, 0.25) is 0 Å². The number of rotatable bonds is 4. The summed E-state index contributed by atoms with van der Waals surface area (Å²) >= 11 is 3.29. The molecule has 4 heteroatoms. The highest BCUT2D eigenvalue weighted by molar-refractivity contribution is 9.11. The Labute approximate surface area is 97.6 Å². The predicted molar refractivity (Wildman–Crippen MR) is 61.7 cm³/mol. The molecular formula is C11H13BrO3. The average Bonchev–Trinajstić information content (AvgIpc) is 2.23. The lowest BCUT2D eigenvalue weighted by atomic mass is 10.1. The van der Waals surface area contributed by atoms with E-state index in [2.05, 4.69) is 15.9 Å². The highest BCUT2D eigenvalue weighted by Crippen LogP contribution is 2.26. The number of carbonyl (C=O) groups is 1. The van der Waals surface area contributed by atoms with Crippen molar-refractivity contribution in [2.45, 2.75) is 12.7 Å². The van der Waals surface area contributed by atoms with Crippen LogP contribution in [0.1, 0.15) is 6.92 Å². The summed E-state index contributed by atoms with van der Waals surface area (Å²) < 4.78 is 11.3. The van der Waals surface area contributed by atoms with Crippen molar-refractivity contribution >= 4 is 21.7 Å². The molecule has 1 aliphatic rings. The SMILES string of the molecule is C/C=C/COC1(OC)C=C(Br)C=CC1=O. The van der Waals surface area contributed by atoms with E-state index in [1.54, 1.807) is 12.2 Å². The Balaban J connectivity index is 2.83. The van der Waals surface area contributed by atoms with Gasteiger partial charge >= 0.3 is 0 Å². The molecule has 0 spiro atoms. The molecule has 1 unspecified atom stereocenters. The fourth-order valence-corrected chi connectivity index (χ4v) is 1.61. The van der Waals surface area contributed by atoms with Crippen LogP contribution in [-0.2, 0) is 14.3 Å². The Morgan fingerprint density at radius 2 is 2.27 bits per heavy atom. The van der Waals surface area contributed by atoms with Gasteiger partial charge in [-0.1, -0.05) is 28.1 Å². The van der Waals surface area contributed by atoms with E-state index < -0.39 is 5.79 Å². The zero-order chi connectivity index (χ0) is 11.3. The second kappa shape index (κ2) is 5.39. The Bertz CT molecular complexity index is 331. The molecule has 0 saturated carbocycles. The van der Waals surface area contributed by atoms with E-state index in [0.717, 1.165) is 4.48 Å². The van der Waals surface area contributed by atoms with Crippen LogP contribution in [0, 0.1) is 0 Å². The first-order valence-corrected chi connectivity index (χ1v) is 5.35. The van der Waals surface area contributed by atoms with E-state index in [4.69, 9.17) is 9.47 Å². The van der Waals surface area contributed by atoms with Crippen molar-refractivity contribution in [3.05, 3.63) is 34.9 Å². The summed E-state index contributed by atoms with van der Waals surface area (Å²) in [5.74, 6) is -1.50. The lowest BCUT2D eigenvalue weighted by Crippen LogP contribution is -2.42.